The number of aliphatic carboxylic acids is 1. The average Bonchev–Trinajstić information content (AvgIpc) is 2.85. The van der Waals surface area contributed by atoms with Gasteiger partial charge in [-0.15, -0.1) is 0 Å². The smallest absolute Gasteiger partial charge is 0.329 e. The van der Waals surface area contributed by atoms with Crippen LogP contribution in [-0.4, -0.2) is 59.8 Å². The third-order valence-electron chi connectivity index (χ3n) is 4.27. The van der Waals surface area contributed by atoms with Crippen molar-refractivity contribution in [3.05, 3.63) is 0 Å². The Morgan fingerprint density at radius 2 is 2.30 bits per heavy atom. The van der Waals surface area contributed by atoms with Gasteiger partial charge < -0.3 is 20.1 Å². The number of likely N-dealkylation sites (tertiary alicyclic amines) is 1. The fourth-order valence-corrected chi connectivity index (χ4v) is 3.32. The number of amides is 1. The maximum absolute atomic E-state index is 12.5. The van der Waals surface area contributed by atoms with Gasteiger partial charge in [-0.3, -0.25) is 4.79 Å². The largest absolute Gasteiger partial charge is 0.479 e. The van der Waals surface area contributed by atoms with Crippen molar-refractivity contribution in [2.24, 2.45) is 0 Å². The molecule has 0 spiro atoms. The van der Waals surface area contributed by atoms with Crippen LogP contribution in [0.2, 0.25) is 0 Å². The lowest BCUT2D eigenvalue weighted by Crippen LogP contribution is -2.54. The molecule has 2 fully saturated rings. The SMILES string of the molecule is CCCC1(C(=O)O)CCCN1C(=O)CC1COCCN1. The van der Waals surface area contributed by atoms with Crippen molar-refractivity contribution in [1.29, 1.82) is 0 Å². The van der Waals surface area contributed by atoms with Crippen molar-refractivity contribution in [2.75, 3.05) is 26.3 Å². The van der Waals surface area contributed by atoms with Gasteiger partial charge >= 0.3 is 5.97 Å². The summed E-state index contributed by atoms with van der Waals surface area (Å²) in [4.78, 5) is 25.8. The molecule has 0 saturated carbocycles. The van der Waals surface area contributed by atoms with Crippen LogP contribution in [0.15, 0.2) is 0 Å². The molecule has 0 bridgehead atoms. The molecule has 114 valence electrons. The Balaban J connectivity index is 2.04. The first-order valence-corrected chi connectivity index (χ1v) is 7.45. The van der Waals surface area contributed by atoms with Crippen LogP contribution in [-0.2, 0) is 14.3 Å². The van der Waals surface area contributed by atoms with E-state index in [1.165, 1.54) is 0 Å². The number of morpholine rings is 1. The summed E-state index contributed by atoms with van der Waals surface area (Å²) in [5.74, 6) is -0.931. The molecule has 1 amide bonds. The highest BCUT2D eigenvalue weighted by molar-refractivity contribution is 5.88. The molecule has 2 aliphatic heterocycles. The minimum absolute atomic E-state index is 0.00460. The number of nitrogens with one attached hydrogen (secondary N) is 1. The summed E-state index contributed by atoms with van der Waals surface area (Å²) in [6, 6.07) is 0.00460. The van der Waals surface area contributed by atoms with Gasteiger partial charge in [0.2, 0.25) is 5.91 Å². The second kappa shape index (κ2) is 6.54. The zero-order chi connectivity index (χ0) is 14.6. The van der Waals surface area contributed by atoms with Crippen LogP contribution in [0.5, 0.6) is 0 Å². The third-order valence-corrected chi connectivity index (χ3v) is 4.27. The van der Waals surface area contributed by atoms with E-state index < -0.39 is 11.5 Å². The zero-order valence-electron chi connectivity index (χ0n) is 12.1. The molecule has 2 heterocycles. The van der Waals surface area contributed by atoms with Crippen molar-refractivity contribution in [3.8, 4) is 0 Å². The molecule has 2 unspecified atom stereocenters. The molecule has 2 saturated heterocycles. The van der Waals surface area contributed by atoms with Gasteiger partial charge in [0.1, 0.15) is 5.54 Å². The summed E-state index contributed by atoms with van der Waals surface area (Å²) in [6.07, 6.45) is 2.95. The lowest BCUT2D eigenvalue weighted by atomic mass is 9.90. The zero-order valence-corrected chi connectivity index (χ0v) is 12.1. The van der Waals surface area contributed by atoms with E-state index >= 15 is 0 Å². The van der Waals surface area contributed by atoms with Gasteiger partial charge in [-0.05, 0) is 19.3 Å². The molecule has 0 aliphatic carbocycles. The molecular weight excluding hydrogens is 260 g/mol. The Hall–Kier alpha value is -1.14. The summed E-state index contributed by atoms with van der Waals surface area (Å²) in [6.45, 7) is 4.45. The Morgan fingerprint density at radius 3 is 2.90 bits per heavy atom. The topological polar surface area (TPSA) is 78.9 Å². The van der Waals surface area contributed by atoms with E-state index in [0.717, 1.165) is 19.4 Å². The second-order valence-electron chi connectivity index (χ2n) is 5.67. The third kappa shape index (κ3) is 2.96. The predicted molar refractivity (Wildman–Crippen MR) is 73.4 cm³/mol. The first-order chi connectivity index (χ1) is 9.60. The van der Waals surface area contributed by atoms with E-state index in [1.54, 1.807) is 4.90 Å². The Labute approximate surface area is 119 Å². The molecule has 20 heavy (non-hydrogen) atoms. The van der Waals surface area contributed by atoms with Crippen LogP contribution in [0, 0.1) is 0 Å². The van der Waals surface area contributed by atoms with Gasteiger partial charge in [-0.2, -0.15) is 0 Å². The minimum Gasteiger partial charge on any atom is -0.479 e. The van der Waals surface area contributed by atoms with E-state index in [0.29, 0.717) is 39.0 Å². The van der Waals surface area contributed by atoms with E-state index in [-0.39, 0.29) is 11.9 Å². The normalized spacial score (nSPS) is 30.4. The minimum atomic E-state index is -0.985. The molecule has 0 aromatic carbocycles. The lowest BCUT2D eigenvalue weighted by molar-refractivity contribution is -0.157. The van der Waals surface area contributed by atoms with Crippen molar-refractivity contribution in [1.82, 2.24) is 10.2 Å². The quantitative estimate of drug-likeness (QED) is 0.773. The maximum Gasteiger partial charge on any atom is 0.329 e. The van der Waals surface area contributed by atoms with Crippen LogP contribution >= 0.6 is 0 Å². The number of rotatable bonds is 5. The Kier molecular flexibility index (Phi) is 4.99. The molecular formula is C14H24N2O4. The van der Waals surface area contributed by atoms with Crippen molar-refractivity contribution in [2.45, 2.75) is 50.6 Å². The standard InChI is InChI=1S/C14H24N2O4/c1-2-4-14(13(18)19)5-3-7-16(14)12(17)9-11-10-20-8-6-15-11/h11,15H,2-10H2,1H3,(H,18,19). The highest BCUT2D eigenvalue weighted by Gasteiger charge is 2.49. The number of carbonyl (C=O) groups excluding carboxylic acids is 1. The van der Waals surface area contributed by atoms with Gasteiger partial charge in [0, 0.05) is 25.6 Å². The number of carboxylic acid groups (broad SMARTS) is 1. The number of ether oxygens (including phenoxy) is 1. The molecule has 0 aromatic rings. The molecule has 2 rings (SSSR count). The van der Waals surface area contributed by atoms with Crippen LogP contribution in [0.3, 0.4) is 0 Å². The summed E-state index contributed by atoms with van der Waals surface area (Å²) in [5.41, 5.74) is -0.985. The number of carboxylic acids is 1. The number of hydrogen-bond donors (Lipinski definition) is 2. The van der Waals surface area contributed by atoms with E-state index in [1.807, 2.05) is 6.92 Å². The predicted octanol–water partition coefficient (Wildman–Crippen LogP) is 0.611. The monoisotopic (exact) mass is 284 g/mol. The summed E-state index contributed by atoms with van der Waals surface area (Å²) in [7, 11) is 0. The van der Waals surface area contributed by atoms with E-state index in [2.05, 4.69) is 5.32 Å². The Bertz CT molecular complexity index is 368. The van der Waals surface area contributed by atoms with Crippen LogP contribution in [0.4, 0.5) is 0 Å². The highest BCUT2D eigenvalue weighted by atomic mass is 16.5. The lowest BCUT2D eigenvalue weighted by Gasteiger charge is -2.36. The fourth-order valence-electron chi connectivity index (χ4n) is 3.32. The molecule has 2 N–H and O–H groups in total. The van der Waals surface area contributed by atoms with Crippen molar-refractivity contribution >= 4 is 11.9 Å². The molecule has 0 aromatic heterocycles. The first-order valence-electron chi connectivity index (χ1n) is 7.45. The van der Waals surface area contributed by atoms with Crippen molar-refractivity contribution < 1.29 is 19.4 Å². The molecule has 0 radical (unpaired) electrons. The molecule has 2 aliphatic rings. The van der Waals surface area contributed by atoms with E-state index in [4.69, 9.17) is 4.74 Å². The van der Waals surface area contributed by atoms with Gasteiger partial charge in [-0.25, -0.2) is 4.79 Å². The van der Waals surface area contributed by atoms with Crippen LogP contribution in [0.25, 0.3) is 0 Å². The number of hydrogen-bond acceptors (Lipinski definition) is 4. The fraction of sp³-hybridized carbons (Fsp3) is 0.857. The average molecular weight is 284 g/mol. The number of nitrogens with zero attached hydrogens (tertiary/aromatic N) is 1. The Morgan fingerprint density at radius 1 is 1.50 bits per heavy atom. The highest BCUT2D eigenvalue weighted by Crippen LogP contribution is 2.34. The molecule has 6 heteroatoms. The van der Waals surface area contributed by atoms with E-state index in [9.17, 15) is 14.7 Å². The van der Waals surface area contributed by atoms with Crippen LogP contribution < -0.4 is 5.32 Å². The van der Waals surface area contributed by atoms with Gasteiger partial charge in [0.25, 0.3) is 0 Å². The molecule has 2 atom stereocenters. The summed E-state index contributed by atoms with van der Waals surface area (Å²) < 4.78 is 5.34. The first kappa shape index (κ1) is 15.3. The second-order valence-corrected chi connectivity index (χ2v) is 5.67. The molecule has 6 nitrogen and oxygen atoms in total. The van der Waals surface area contributed by atoms with Crippen LogP contribution in [0.1, 0.15) is 39.0 Å². The van der Waals surface area contributed by atoms with Crippen molar-refractivity contribution in [3.63, 3.8) is 0 Å². The summed E-state index contributed by atoms with van der Waals surface area (Å²) in [5, 5.41) is 12.8. The van der Waals surface area contributed by atoms with Gasteiger partial charge in [0.05, 0.1) is 13.2 Å². The maximum atomic E-state index is 12.5. The van der Waals surface area contributed by atoms with Gasteiger partial charge in [-0.1, -0.05) is 13.3 Å². The van der Waals surface area contributed by atoms with Gasteiger partial charge in [0.15, 0.2) is 0 Å². The number of carbonyl (C=O) groups is 2. The summed E-state index contributed by atoms with van der Waals surface area (Å²) >= 11 is 0.